The highest BCUT2D eigenvalue weighted by Gasteiger charge is 2.33. The maximum absolute atomic E-state index is 12.9. The molecule has 1 aromatic carbocycles. The third-order valence-electron chi connectivity index (χ3n) is 7.11. The molecule has 1 atom stereocenters. The Morgan fingerprint density at radius 3 is 2.81 bits per heavy atom. The van der Waals surface area contributed by atoms with Gasteiger partial charge < -0.3 is 29.9 Å². The molecule has 0 bridgehead atoms. The molecule has 1 saturated heterocycles. The van der Waals surface area contributed by atoms with Gasteiger partial charge in [0.2, 0.25) is 0 Å². The van der Waals surface area contributed by atoms with Crippen LogP contribution in [0.5, 0.6) is 0 Å². The van der Waals surface area contributed by atoms with Crippen molar-refractivity contribution in [3.05, 3.63) is 60.2 Å². The van der Waals surface area contributed by atoms with Gasteiger partial charge in [-0.3, -0.25) is 4.79 Å². The topological polar surface area (TPSA) is 117 Å². The number of amides is 1. The van der Waals surface area contributed by atoms with Crippen molar-refractivity contribution in [2.24, 2.45) is 7.05 Å². The Kier molecular flexibility index (Phi) is 5.58. The van der Waals surface area contributed by atoms with Crippen molar-refractivity contribution in [2.45, 2.75) is 32.1 Å². The summed E-state index contributed by atoms with van der Waals surface area (Å²) in [5.41, 5.74) is 4.80. The summed E-state index contributed by atoms with van der Waals surface area (Å²) in [6, 6.07) is 9.78. The molecule has 5 heterocycles. The number of aliphatic hydroxyl groups is 1. The zero-order chi connectivity index (χ0) is 25.7. The molecule has 10 heteroatoms. The van der Waals surface area contributed by atoms with Crippen LogP contribution in [0.25, 0.3) is 22.3 Å². The number of morpholine rings is 1. The monoisotopic (exact) mass is 499 g/mol. The molecule has 4 aromatic rings. The van der Waals surface area contributed by atoms with Gasteiger partial charge in [-0.05, 0) is 43.7 Å². The summed E-state index contributed by atoms with van der Waals surface area (Å²) in [5, 5.41) is 17.6. The molecular formula is C27H29N7O3. The number of aryl methyl sites for hydroxylation is 1. The van der Waals surface area contributed by atoms with Crippen molar-refractivity contribution in [3.63, 3.8) is 0 Å². The van der Waals surface area contributed by atoms with Crippen LogP contribution in [0.15, 0.2) is 49.1 Å². The lowest BCUT2D eigenvalue weighted by molar-refractivity contribution is -0.0928. The lowest BCUT2D eigenvalue weighted by atomic mass is 9.97. The molecule has 37 heavy (non-hydrogen) atoms. The van der Waals surface area contributed by atoms with Crippen LogP contribution >= 0.6 is 0 Å². The largest absolute Gasteiger partial charge is 0.388 e. The zero-order valence-corrected chi connectivity index (χ0v) is 21.0. The van der Waals surface area contributed by atoms with E-state index in [0.29, 0.717) is 36.8 Å². The van der Waals surface area contributed by atoms with E-state index in [4.69, 9.17) is 4.74 Å². The fourth-order valence-corrected chi connectivity index (χ4v) is 5.06. The van der Waals surface area contributed by atoms with E-state index in [-0.39, 0.29) is 12.0 Å². The molecule has 2 aliphatic rings. The minimum atomic E-state index is -0.918. The number of carbonyl (C=O) groups excluding carboxylic acids is 1. The van der Waals surface area contributed by atoms with Gasteiger partial charge in [0.05, 0.1) is 41.0 Å². The first-order valence-electron chi connectivity index (χ1n) is 12.3. The SMILES string of the molecule is Cn1ccc2c(-c3ccc(Nc4ccc(N5CCO[C@@H](C(C)(C)O)C5)cn4)c4c3CNC4=O)ncnc21. The van der Waals surface area contributed by atoms with Gasteiger partial charge in [0, 0.05) is 43.8 Å². The van der Waals surface area contributed by atoms with Crippen molar-refractivity contribution in [3.8, 4) is 11.3 Å². The molecular weight excluding hydrogens is 470 g/mol. The molecule has 0 saturated carbocycles. The summed E-state index contributed by atoms with van der Waals surface area (Å²) < 4.78 is 7.70. The summed E-state index contributed by atoms with van der Waals surface area (Å²) in [6.07, 6.45) is 5.05. The molecule has 6 rings (SSSR count). The summed E-state index contributed by atoms with van der Waals surface area (Å²) in [7, 11) is 1.95. The van der Waals surface area contributed by atoms with Crippen LogP contribution in [0, 0.1) is 0 Å². The first kappa shape index (κ1) is 23.4. The lowest BCUT2D eigenvalue weighted by Crippen LogP contribution is -2.52. The fraction of sp³-hybridized carbons (Fsp3) is 0.333. The quantitative estimate of drug-likeness (QED) is 0.384. The molecule has 2 aliphatic heterocycles. The molecule has 10 nitrogen and oxygen atoms in total. The van der Waals surface area contributed by atoms with Crippen LogP contribution in [0.2, 0.25) is 0 Å². The molecule has 3 N–H and O–H groups in total. The van der Waals surface area contributed by atoms with Crippen LogP contribution in [-0.2, 0) is 18.3 Å². The predicted octanol–water partition coefficient (Wildman–Crippen LogP) is 2.99. The molecule has 1 fully saturated rings. The van der Waals surface area contributed by atoms with Gasteiger partial charge in [0.1, 0.15) is 23.9 Å². The van der Waals surface area contributed by atoms with Crippen LogP contribution in [0.3, 0.4) is 0 Å². The van der Waals surface area contributed by atoms with Gasteiger partial charge in [0.25, 0.3) is 5.91 Å². The molecule has 0 radical (unpaired) electrons. The number of fused-ring (bicyclic) bond motifs is 2. The lowest BCUT2D eigenvalue weighted by Gasteiger charge is -2.39. The van der Waals surface area contributed by atoms with Crippen molar-refractivity contribution in [1.29, 1.82) is 0 Å². The summed E-state index contributed by atoms with van der Waals surface area (Å²) in [4.78, 5) is 28.6. The highest BCUT2D eigenvalue weighted by molar-refractivity contribution is 6.07. The number of nitrogens with one attached hydrogen (secondary N) is 2. The van der Waals surface area contributed by atoms with Gasteiger partial charge in [-0.15, -0.1) is 0 Å². The van der Waals surface area contributed by atoms with Gasteiger partial charge in [-0.2, -0.15) is 0 Å². The van der Waals surface area contributed by atoms with E-state index < -0.39 is 5.60 Å². The normalized spacial score (nSPS) is 17.7. The number of ether oxygens (including phenoxy) is 1. The van der Waals surface area contributed by atoms with Crippen molar-refractivity contribution < 1.29 is 14.6 Å². The molecule has 0 unspecified atom stereocenters. The predicted molar refractivity (Wildman–Crippen MR) is 141 cm³/mol. The number of hydrogen-bond donors (Lipinski definition) is 3. The minimum absolute atomic E-state index is 0.125. The molecule has 190 valence electrons. The van der Waals surface area contributed by atoms with E-state index in [0.717, 1.165) is 40.1 Å². The Morgan fingerprint density at radius 1 is 1.16 bits per heavy atom. The van der Waals surface area contributed by atoms with Crippen molar-refractivity contribution >= 4 is 34.1 Å². The standard InChI is InChI=1S/C27H29N7O3/c1-27(2,36)21-14-34(10-11-37-21)16-4-7-22(28-12-16)32-20-6-5-17(19-13-29-26(35)23(19)20)24-18-8-9-33(3)25(18)31-15-30-24/h4-9,12,15,21,36H,10-11,13-14H2,1-3H3,(H,28,32)(H,29,35)/t21-/m1/s1. The van der Waals surface area contributed by atoms with Crippen LogP contribution in [-0.4, -0.2) is 61.9 Å². The minimum Gasteiger partial charge on any atom is -0.388 e. The Hall–Kier alpha value is -4.02. The van der Waals surface area contributed by atoms with E-state index in [1.54, 1.807) is 26.4 Å². The Balaban J connectivity index is 1.28. The fourth-order valence-electron chi connectivity index (χ4n) is 5.06. The summed E-state index contributed by atoms with van der Waals surface area (Å²) in [5.74, 6) is 0.512. The smallest absolute Gasteiger partial charge is 0.254 e. The van der Waals surface area contributed by atoms with Gasteiger partial charge in [0.15, 0.2) is 0 Å². The zero-order valence-electron chi connectivity index (χ0n) is 21.0. The van der Waals surface area contributed by atoms with Gasteiger partial charge in [-0.1, -0.05) is 6.07 Å². The number of pyridine rings is 1. The first-order valence-corrected chi connectivity index (χ1v) is 12.3. The summed E-state index contributed by atoms with van der Waals surface area (Å²) in [6.45, 7) is 5.82. The average molecular weight is 500 g/mol. The number of anilines is 3. The van der Waals surface area contributed by atoms with E-state index in [9.17, 15) is 9.90 Å². The second-order valence-corrected chi connectivity index (χ2v) is 10.1. The van der Waals surface area contributed by atoms with Crippen LogP contribution in [0.1, 0.15) is 29.8 Å². The third-order valence-corrected chi connectivity index (χ3v) is 7.11. The number of rotatable bonds is 5. The number of benzene rings is 1. The number of hydrogen-bond acceptors (Lipinski definition) is 8. The third kappa shape index (κ3) is 4.17. The number of aromatic nitrogens is 4. The van der Waals surface area contributed by atoms with E-state index in [1.807, 2.05) is 48.1 Å². The number of nitrogens with zero attached hydrogens (tertiary/aromatic N) is 5. The highest BCUT2D eigenvalue weighted by atomic mass is 16.5. The van der Waals surface area contributed by atoms with Crippen molar-refractivity contribution in [1.82, 2.24) is 24.8 Å². The Bertz CT molecular complexity index is 1490. The maximum Gasteiger partial charge on any atom is 0.254 e. The maximum atomic E-state index is 12.9. The van der Waals surface area contributed by atoms with Gasteiger partial charge in [-0.25, -0.2) is 15.0 Å². The van der Waals surface area contributed by atoms with E-state index >= 15 is 0 Å². The Morgan fingerprint density at radius 2 is 2.03 bits per heavy atom. The first-order chi connectivity index (χ1) is 17.8. The van der Waals surface area contributed by atoms with Crippen LogP contribution < -0.4 is 15.5 Å². The second kappa shape index (κ2) is 8.82. The average Bonchev–Trinajstić information content (AvgIpc) is 3.47. The number of carbonyl (C=O) groups is 1. The van der Waals surface area contributed by atoms with E-state index in [1.165, 1.54) is 0 Å². The van der Waals surface area contributed by atoms with Crippen molar-refractivity contribution in [2.75, 3.05) is 29.9 Å². The van der Waals surface area contributed by atoms with Crippen LogP contribution in [0.4, 0.5) is 17.2 Å². The molecule has 0 spiro atoms. The van der Waals surface area contributed by atoms with E-state index in [2.05, 4.69) is 30.5 Å². The second-order valence-electron chi connectivity index (χ2n) is 10.1. The highest BCUT2D eigenvalue weighted by Crippen LogP contribution is 2.36. The molecule has 3 aromatic heterocycles. The summed E-state index contributed by atoms with van der Waals surface area (Å²) >= 11 is 0. The Labute approximate surface area is 214 Å². The molecule has 1 amide bonds. The van der Waals surface area contributed by atoms with Gasteiger partial charge >= 0.3 is 0 Å². The molecule has 0 aliphatic carbocycles.